The molecule has 86 valence electrons. The number of rotatable bonds is 1. The molecule has 1 aliphatic rings. The molecule has 0 amide bonds. The molecule has 0 fully saturated rings. The molecule has 0 radical (unpaired) electrons. The lowest BCUT2D eigenvalue weighted by atomic mass is 9.97. The molecule has 1 heterocycles. The Morgan fingerprint density at radius 3 is 2.76 bits per heavy atom. The third kappa shape index (κ3) is 1.84. The van der Waals surface area contributed by atoms with Gasteiger partial charge in [-0.25, -0.2) is 0 Å². The number of thiol groups is 2. The highest BCUT2D eigenvalue weighted by atomic mass is 32.1. The summed E-state index contributed by atoms with van der Waals surface area (Å²) in [5.41, 5.74) is 2.13. The van der Waals surface area contributed by atoms with Crippen molar-refractivity contribution in [3.63, 3.8) is 0 Å². The summed E-state index contributed by atoms with van der Waals surface area (Å²) < 4.78 is 5.33. The van der Waals surface area contributed by atoms with Crippen LogP contribution in [-0.4, -0.2) is 4.86 Å². The molecule has 2 aromatic rings. The van der Waals surface area contributed by atoms with Gasteiger partial charge < -0.3 is 4.42 Å². The zero-order valence-corrected chi connectivity index (χ0v) is 11.5. The Hall–Kier alpha value is -0.710. The number of fused-ring (bicyclic) bond motifs is 1. The highest BCUT2D eigenvalue weighted by Gasteiger charge is 2.27. The molecule has 1 aromatic heterocycles. The predicted molar refractivity (Wildman–Crippen MR) is 81.2 cm³/mol. The first-order valence-electron chi connectivity index (χ1n) is 5.29. The zero-order valence-electron chi connectivity index (χ0n) is 8.88. The van der Waals surface area contributed by atoms with Crippen molar-refractivity contribution in [3.8, 4) is 0 Å². The molecule has 0 spiro atoms. The van der Waals surface area contributed by atoms with E-state index in [4.69, 9.17) is 16.6 Å². The Bertz CT molecular complexity index is 639. The summed E-state index contributed by atoms with van der Waals surface area (Å²) in [5, 5.41) is 1.11. The molecule has 17 heavy (non-hydrogen) atoms. The molecule has 4 heteroatoms. The van der Waals surface area contributed by atoms with E-state index in [1.807, 2.05) is 12.1 Å². The minimum atomic E-state index is 0.248. The number of hydrogen-bond donors (Lipinski definition) is 2. The normalized spacial score (nSPS) is 20.6. The van der Waals surface area contributed by atoms with Gasteiger partial charge in [0.2, 0.25) is 0 Å². The largest absolute Gasteiger partial charge is 0.464 e. The first-order chi connectivity index (χ1) is 8.16. The summed E-state index contributed by atoms with van der Waals surface area (Å²) in [4.78, 5) is 2.73. The van der Waals surface area contributed by atoms with Gasteiger partial charge >= 0.3 is 0 Å². The maximum atomic E-state index is 5.33. The van der Waals surface area contributed by atoms with E-state index >= 15 is 0 Å². The van der Waals surface area contributed by atoms with Gasteiger partial charge in [0.15, 0.2) is 0 Å². The summed E-state index contributed by atoms with van der Waals surface area (Å²) in [7, 11) is 0. The van der Waals surface area contributed by atoms with Gasteiger partial charge in [0.25, 0.3) is 0 Å². The molecule has 0 N–H and O–H groups in total. The summed E-state index contributed by atoms with van der Waals surface area (Å²) in [6.45, 7) is 0. The highest BCUT2D eigenvalue weighted by Crippen LogP contribution is 2.42. The standard InChI is InChI=1S/C13H10OS3/c15-11-6-9(12(16)13(11)17)7-1-2-10-8(5-7)3-4-14-10/h1-5,9,16-17H,6H2. The Morgan fingerprint density at radius 2 is 2.06 bits per heavy atom. The molecular weight excluding hydrogens is 268 g/mol. The Kier molecular flexibility index (Phi) is 2.81. The zero-order chi connectivity index (χ0) is 12.0. The van der Waals surface area contributed by atoms with Gasteiger partial charge in [-0.3, -0.25) is 0 Å². The molecule has 0 bridgehead atoms. The maximum absolute atomic E-state index is 5.33. The maximum Gasteiger partial charge on any atom is 0.133 e. The van der Waals surface area contributed by atoms with E-state index in [0.717, 1.165) is 32.1 Å². The van der Waals surface area contributed by atoms with Gasteiger partial charge in [0.1, 0.15) is 5.58 Å². The molecular formula is C13H10OS3. The third-order valence-electron chi connectivity index (χ3n) is 3.11. The fourth-order valence-corrected chi connectivity index (χ4v) is 3.14. The third-order valence-corrected chi connectivity index (χ3v) is 4.85. The van der Waals surface area contributed by atoms with Crippen molar-refractivity contribution in [3.05, 3.63) is 45.9 Å². The lowest BCUT2D eigenvalue weighted by Gasteiger charge is -2.10. The van der Waals surface area contributed by atoms with Crippen LogP contribution in [0.15, 0.2) is 44.8 Å². The van der Waals surface area contributed by atoms with Crippen molar-refractivity contribution >= 4 is 53.3 Å². The molecule has 3 rings (SSSR count). The van der Waals surface area contributed by atoms with Crippen LogP contribution >= 0.6 is 37.5 Å². The van der Waals surface area contributed by atoms with Crippen LogP contribution in [0.2, 0.25) is 0 Å². The number of thiocarbonyl (C=S) groups is 1. The van der Waals surface area contributed by atoms with Crippen molar-refractivity contribution in [2.75, 3.05) is 0 Å². The lowest BCUT2D eigenvalue weighted by Crippen LogP contribution is -1.96. The number of benzene rings is 1. The first-order valence-corrected chi connectivity index (χ1v) is 6.59. The second-order valence-corrected chi connectivity index (χ2v) is 5.55. The van der Waals surface area contributed by atoms with Crippen molar-refractivity contribution in [1.29, 1.82) is 0 Å². The van der Waals surface area contributed by atoms with Crippen LogP contribution in [0.4, 0.5) is 0 Å². The summed E-state index contributed by atoms with van der Waals surface area (Å²) in [6, 6.07) is 8.16. The average molecular weight is 278 g/mol. The van der Waals surface area contributed by atoms with Crippen molar-refractivity contribution < 1.29 is 4.42 Å². The monoisotopic (exact) mass is 278 g/mol. The van der Waals surface area contributed by atoms with E-state index in [0.29, 0.717) is 0 Å². The molecule has 1 unspecified atom stereocenters. The minimum Gasteiger partial charge on any atom is -0.464 e. The van der Waals surface area contributed by atoms with E-state index in [9.17, 15) is 0 Å². The summed E-state index contributed by atoms with van der Waals surface area (Å²) in [5.74, 6) is 0.248. The second-order valence-electron chi connectivity index (χ2n) is 4.13. The van der Waals surface area contributed by atoms with Crippen LogP contribution in [0.1, 0.15) is 17.9 Å². The van der Waals surface area contributed by atoms with Crippen molar-refractivity contribution in [2.24, 2.45) is 0 Å². The van der Waals surface area contributed by atoms with Crippen molar-refractivity contribution in [1.82, 2.24) is 0 Å². The van der Waals surface area contributed by atoms with Gasteiger partial charge in [-0.15, -0.1) is 25.3 Å². The molecule has 1 aliphatic carbocycles. The van der Waals surface area contributed by atoms with E-state index in [2.05, 4.69) is 37.4 Å². The quantitative estimate of drug-likeness (QED) is 0.594. The molecule has 0 aliphatic heterocycles. The molecule has 0 saturated heterocycles. The molecule has 1 atom stereocenters. The van der Waals surface area contributed by atoms with Crippen LogP contribution in [0, 0.1) is 0 Å². The van der Waals surface area contributed by atoms with Gasteiger partial charge in [-0.05, 0) is 30.2 Å². The van der Waals surface area contributed by atoms with Crippen LogP contribution in [-0.2, 0) is 0 Å². The minimum absolute atomic E-state index is 0.248. The highest BCUT2D eigenvalue weighted by molar-refractivity contribution is 7.92. The Labute approximate surface area is 116 Å². The second kappa shape index (κ2) is 4.19. The smallest absolute Gasteiger partial charge is 0.133 e. The van der Waals surface area contributed by atoms with Gasteiger partial charge in [-0.1, -0.05) is 18.3 Å². The summed E-state index contributed by atoms with van der Waals surface area (Å²) in [6.07, 6.45) is 2.53. The average Bonchev–Trinajstić information content (AvgIpc) is 2.89. The van der Waals surface area contributed by atoms with Crippen LogP contribution in [0.5, 0.6) is 0 Å². The van der Waals surface area contributed by atoms with E-state index in [1.165, 1.54) is 5.56 Å². The van der Waals surface area contributed by atoms with Crippen LogP contribution in [0.3, 0.4) is 0 Å². The predicted octanol–water partition coefficient (Wildman–Crippen LogP) is 4.36. The van der Waals surface area contributed by atoms with E-state index in [1.54, 1.807) is 6.26 Å². The van der Waals surface area contributed by atoms with Crippen LogP contribution < -0.4 is 0 Å². The molecule has 1 nitrogen and oxygen atoms in total. The van der Waals surface area contributed by atoms with Crippen molar-refractivity contribution in [2.45, 2.75) is 12.3 Å². The van der Waals surface area contributed by atoms with Crippen LogP contribution in [0.25, 0.3) is 11.0 Å². The number of allylic oxidation sites excluding steroid dienone is 2. The topological polar surface area (TPSA) is 13.1 Å². The summed E-state index contributed by atoms with van der Waals surface area (Å²) >= 11 is 14.2. The Balaban J connectivity index is 2.08. The van der Waals surface area contributed by atoms with Gasteiger partial charge in [-0.2, -0.15) is 0 Å². The Morgan fingerprint density at radius 1 is 1.24 bits per heavy atom. The fourth-order valence-electron chi connectivity index (χ4n) is 2.16. The molecule has 0 saturated carbocycles. The number of hydrogen-bond acceptors (Lipinski definition) is 4. The van der Waals surface area contributed by atoms with Gasteiger partial charge in [0, 0.05) is 26.0 Å². The van der Waals surface area contributed by atoms with E-state index < -0.39 is 0 Å². The molecule has 1 aromatic carbocycles. The van der Waals surface area contributed by atoms with Gasteiger partial charge in [0.05, 0.1) is 6.26 Å². The fraction of sp³-hybridized carbons (Fsp3) is 0.154. The lowest BCUT2D eigenvalue weighted by molar-refractivity contribution is 0.615. The first kappa shape index (κ1) is 11.4. The SMILES string of the molecule is S=C1CC(c2ccc3occc3c2)C(S)=C1S. The number of furan rings is 1. The van der Waals surface area contributed by atoms with E-state index in [-0.39, 0.29) is 5.92 Å².